The summed E-state index contributed by atoms with van der Waals surface area (Å²) in [5.41, 5.74) is 3.64. The molecule has 3 nitrogen and oxygen atoms in total. The van der Waals surface area contributed by atoms with Gasteiger partial charge in [-0.2, -0.15) is 0 Å². The molecule has 1 N–H and O–H groups in total. The van der Waals surface area contributed by atoms with Crippen LogP contribution in [0.15, 0.2) is 48.5 Å². The van der Waals surface area contributed by atoms with Crippen LogP contribution < -0.4 is 10.1 Å². The normalized spacial score (nSPS) is 12.5. The van der Waals surface area contributed by atoms with Crippen LogP contribution in [0, 0.1) is 6.92 Å². The van der Waals surface area contributed by atoms with Gasteiger partial charge in [-0.1, -0.05) is 69.7 Å². The Bertz CT molecular complexity index is 699. The average Bonchev–Trinajstić information content (AvgIpc) is 2.57. The highest BCUT2D eigenvalue weighted by molar-refractivity contribution is 5.81. The van der Waals surface area contributed by atoms with Gasteiger partial charge < -0.3 is 10.1 Å². The van der Waals surface area contributed by atoms with Crippen LogP contribution in [0.2, 0.25) is 0 Å². The van der Waals surface area contributed by atoms with Crippen LogP contribution >= 0.6 is 0 Å². The highest BCUT2D eigenvalue weighted by Crippen LogP contribution is 2.24. The van der Waals surface area contributed by atoms with E-state index in [4.69, 9.17) is 4.74 Å². The molecule has 0 bridgehead atoms. The fourth-order valence-corrected chi connectivity index (χ4v) is 2.65. The third-order valence-corrected chi connectivity index (χ3v) is 4.21. The van der Waals surface area contributed by atoms with Crippen LogP contribution in [0.4, 0.5) is 0 Å². The van der Waals surface area contributed by atoms with Crippen molar-refractivity contribution < 1.29 is 9.53 Å². The lowest BCUT2D eigenvalue weighted by Gasteiger charge is -2.21. The molecule has 2 aromatic rings. The molecular formula is C22H29NO2. The topological polar surface area (TPSA) is 38.3 Å². The Morgan fingerprint density at radius 1 is 1.12 bits per heavy atom. The zero-order valence-corrected chi connectivity index (χ0v) is 15.9. The predicted octanol–water partition coefficient (Wildman–Crippen LogP) is 4.77. The highest BCUT2D eigenvalue weighted by Gasteiger charge is 2.19. The van der Waals surface area contributed by atoms with Crippen molar-refractivity contribution in [2.45, 2.75) is 59.1 Å². The minimum atomic E-state index is -0.481. The van der Waals surface area contributed by atoms with E-state index in [1.807, 2.05) is 44.2 Å². The van der Waals surface area contributed by atoms with Gasteiger partial charge >= 0.3 is 0 Å². The molecule has 0 aliphatic carbocycles. The lowest BCUT2D eigenvalue weighted by Crippen LogP contribution is -2.37. The molecule has 1 atom stereocenters. The second-order valence-corrected chi connectivity index (χ2v) is 7.50. The van der Waals surface area contributed by atoms with Crippen molar-refractivity contribution >= 4 is 5.91 Å². The van der Waals surface area contributed by atoms with Crippen molar-refractivity contribution in [2.24, 2.45) is 0 Å². The third-order valence-electron chi connectivity index (χ3n) is 4.21. The molecule has 0 fully saturated rings. The number of nitrogens with one attached hydrogen (secondary N) is 1. The summed E-state index contributed by atoms with van der Waals surface area (Å²) in [6.07, 6.45) is 0.144. The van der Waals surface area contributed by atoms with E-state index in [9.17, 15) is 4.79 Å². The quantitative estimate of drug-likeness (QED) is 0.823. The second-order valence-electron chi connectivity index (χ2n) is 7.50. The molecule has 0 radical (unpaired) electrons. The third kappa shape index (κ3) is 5.63. The van der Waals surface area contributed by atoms with Crippen LogP contribution in [0.5, 0.6) is 5.75 Å². The molecule has 0 aliphatic rings. The van der Waals surface area contributed by atoms with Crippen molar-refractivity contribution in [3.8, 4) is 5.75 Å². The maximum atomic E-state index is 12.4. The molecule has 0 heterocycles. The maximum absolute atomic E-state index is 12.4. The number of hydrogen-bond donors (Lipinski definition) is 1. The molecule has 1 amide bonds. The van der Waals surface area contributed by atoms with E-state index < -0.39 is 6.10 Å². The molecular weight excluding hydrogens is 310 g/mol. The Balaban J connectivity index is 1.95. The van der Waals surface area contributed by atoms with Crippen LogP contribution in [0.1, 0.15) is 50.8 Å². The fourth-order valence-electron chi connectivity index (χ4n) is 2.65. The van der Waals surface area contributed by atoms with E-state index in [2.05, 4.69) is 44.3 Å². The number of aryl methyl sites for hydroxylation is 1. The maximum Gasteiger partial charge on any atom is 0.261 e. The van der Waals surface area contributed by atoms with E-state index >= 15 is 0 Å². The Kier molecular flexibility index (Phi) is 6.24. The number of ether oxygens (including phenoxy) is 1. The smallest absolute Gasteiger partial charge is 0.261 e. The number of hydrogen-bond acceptors (Lipinski definition) is 2. The number of rotatable bonds is 6. The Labute approximate surface area is 151 Å². The van der Waals surface area contributed by atoms with Gasteiger partial charge in [0.05, 0.1) is 0 Å². The summed E-state index contributed by atoms with van der Waals surface area (Å²) < 4.78 is 5.89. The van der Waals surface area contributed by atoms with Crippen LogP contribution in [-0.2, 0) is 16.8 Å². The Hall–Kier alpha value is -2.29. The molecule has 3 heteroatoms. The highest BCUT2D eigenvalue weighted by atomic mass is 16.5. The monoisotopic (exact) mass is 339 g/mol. The average molecular weight is 339 g/mol. The molecule has 0 saturated heterocycles. The minimum absolute atomic E-state index is 0.0797. The predicted molar refractivity (Wildman–Crippen MR) is 103 cm³/mol. The van der Waals surface area contributed by atoms with Crippen molar-refractivity contribution in [1.29, 1.82) is 0 Å². The SMILES string of the molecule is CCC(Oc1ccc(C(C)(C)C)cc1)C(=O)NCc1cccc(C)c1. The molecule has 2 aromatic carbocycles. The van der Waals surface area contributed by atoms with Crippen LogP contribution in [-0.4, -0.2) is 12.0 Å². The molecule has 25 heavy (non-hydrogen) atoms. The summed E-state index contributed by atoms with van der Waals surface area (Å²) in [6.45, 7) is 11.1. The summed E-state index contributed by atoms with van der Waals surface area (Å²) in [7, 11) is 0. The zero-order valence-electron chi connectivity index (χ0n) is 15.9. The number of amides is 1. The Morgan fingerprint density at radius 2 is 1.80 bits per heavy atom. The first kappa shape index (κ1) is 19.0. The molecule has 0 aliphatic heterocycles. The largest absolute Gasteiger partial charge is 0.481 e. The van der Waals surface area contributed by atoms with Gasteiger partial charge in [0, 0.05) is 6.54 Å². The summed E-state index contributed by atoms with van der Waals surface area (Å²) in [4.78, 5) is 12.4. The lowest BCUT2D eigenvalue weighted by atomic mass is 9.87. The second kappa shape index (κ2) is 8.19. The van der Waals surface area contributed by atoms with Crippen LogP contribution in [0.3, 0.4) is 0 Å². The first-order valence-electron chi connectivity index (χ1n) is 8.90. The van der Waals surface area contributed by atoms with Gasteiger partial charge in [0.2, 0.25) is 0 Å². The van der Waals surface area contributed by atoms with E-state index in [0.29, 0.717) is 13.0 Å². The number of carbonyl (C=O) groups is 1. The van der Waals surface area contributed by atoms with Gasteiger partial charge in [-0.3, -0.25) is 4.79 Å². The van der Waals surface area contributed by atoms with Gasteiger partial charge in [-0.15, -0.1) is 0 Å². The van der Waals surface area contributed by atoms with E-state index in [1.54, 1.807) is 0 Å². The summed E-state index contributed by atoms with van der Waals surface area (Å²) in [5.74, 6) is 0.648. The van der Waals surface area contributed by atoms with Gasteiger partial charge in [0.1, 0.15) is 5.75 Å². The van der Waals surface area contributed by atoms with Gasteiger partial charge in [0.15, 0.2) is 6.10 Å². The van der Waals surface area contributed by atoms with Crippen molar-refractivity contribution in [3.05, 3.63) is 65.2 Å². The zero-order chi connectivity index (χ0) is 18.4. The minimum Gasteiger partial charge on any atom is -0.481 e. The van der Waals surface area contributed by atoms with E-state index in [0.717, 1.165) is 11.3 Å². The first-order chi connectivity index (χ1) is 11.8. The van der Waals surface area contributed by atoms with E-state index in [1.165, 1.54) is 11.1 Å². The van der Waals surface area contributed by atoms with Gasteiger partial charge in [-0.05, 0) is 42.0 Å². The molecule has 1 unspecified atom stereocenters. The Morgan fingerprint density at radius 3 is 2.36 bits per heavy atom. The van der Waals surface area contributed by atoms with E-state index in [-0.39, 0.29) is 11.3 Å². The van der Waals surface area contributed by atoms with Crippen LogP contribution in [0.25, 0.3) is 0 Å². The summed E-state index contributed by atoms with van der Waals surface area (Å²) >= 11 is 0. The standard InChI is InChI=1S/C22H29NO2/c1-6-20(21(24)23-15-17-9-7-8-16(2)14-17)25-19-12-10-18(11-13-19)22(3,4)5/h7-14,20H,6,15H2,1-5H3,(H,23,24). The van der Waals surface area contributed by atoms with Crippen molar-refractivity contribution in [3.63, 3.8) is 0 Å². The van der Waals surface area contributed by atoms with Gasteiger partial charge in [0.25, 0.3) is 5.91 Å². The first-order valence-corrected chi connectivity index (χ1v) is 8.90. The lowest BCUT2D eigenvalue weighted by molar-refractivity contribution is -0.128. The summed E-state index contributed by atoms with van der Waals surface area (Å²) in [5, 5.41) is 2.97. The molecule has 0 saturated carbocycles. The molecule has 2 rings (SSSR count). The fraction of sp³-hybridized carbons (Fsp3) is 0.409. The molecule has 0 spiro atoms. The van der Waals surface area contributed by atoms with Crippen molar-refractivity contribution in [1.82, 2.24) is 5.32 Å². The van der Waals surface area contributed by atoms with Gasteiger partial charge in [-0.25, -0.2) is 0 Å². The molecule has 134 valence electrons. The molecule has 0 aromatic heterocycles. The van der Waals surface area contributed by atoms with Crippen molar-refractivity contribution in [2.75, 3.05) is 0 Å². The number of carbonyl (C=O) groups excluding carboxylic acids is 1. The summed E-state index contributed by atoms with van der Waals surface area (Å²) in [6, 6.07) is 16.1. The number of benzene rings is 2.